The molecule has 2 aromatic carbocycles. The first-order chi connectivity index (χ1) is 13.5. The van der Waals surface area contributed by atoms with Crippen molar-refractivity contribution < 1.29 is 17.9 Å². The molecule has 1 saturated carbocycles. The van der Waals surface area contributed by atoms with E-state index >= 15 is 0 Å². The molecular formula is C24H27F3O. The van der Waals surface area contributed by atoms with Crippen molar-refractivity contribution in [3.63, 3.8) is 0 Å². The van der Waals surface area contributed by atoms with E-state index in [1.54, 1.807) is 25.1 Å². The minimum absolute atomic E-state index is 0.193. The molecular weight excluding hydrogens is 361 g/mol. The zero-order valence-electron chi connectivity index (χ0n) is 16.5. The SMILES string of the molecule is CCOc1ccc(C2CCC(C=Cc3ccc(CC)c(F)c3F)CC2)c(F)c1. The van der Waals surface area contributed by atoms with Crippen LogP contribution in [-0.4, -0.2) is 6.61 Å². The van der Waals surface area contributed by atoms with Gasteiger partial charge >= 0.3 is 0 Å². The van der Waals surface area contributed by atoms with Gasteiger partial charge in [0, 0.05) is 11.6 Å². The minimum atomic E-state index is -0.777. The lowest BCUT2D eigenvalue weighted by Gasteiger charge is -2.27. The summed E-state index contributed by atoms with van der Waals surface area (Å²) in [6.45, 7) is 4.19. The van der Waals surface area contributed by atoms with Crippen molar-refractivity contribution in [2.45, 2.75) is 51.9 Å². The molecule has 0 atom stereocenters. The Kier molecular flexibility index (Phi) is 6.82. The van der Waals surface area contributed by atoms with E-state index in [1.165, 1.54) is 6.07 Å². The number of hydrogen-bond donors (Lipinski definition) is 0. The number of rotatable bonds is 6. The molecule has 0 amide bonds. The van der Waals surface area contributed by atoms with Crippen molar-refractivity contribution in [3.05, 3.63) is 70.5 Å². The molecule has 0 spiro atoms. The molecule has 1 aliphatic rings. The largest absolute Gasteiger partial charge is 0.494 e. The normalized spacial score (nSPS) is 19.9. The molecule has 0 radical (unpaired) electrons. The van der Waals surface area contributed by atoms with E-state index in [2.05, 4.69) is 0 Å². The summed E-state index contributed by atoms with van der Waals surface area (Å²) < 4.78 is 47.8. The van der Waals surface area contributed by atoms with Gasteiger partial charge in [-0.3, -0.25) is 0 Å². The van der Waals surface area contributed by atoms with Crippen molar-refractivity contribution in [1.82, 2.24) is 0 Å². The summed E-state index contributed by atoms with van der Waals surface area (Å²) in [7, 11) is 0. The maximum Gasteiger partial charge on any atom is 0.166 e. The smallest absolute Gasteiger partial charge is 0.166 e. The van der Waals surface area contributed by atoms with Crippen molar-refractivity contribution in [2.75, 3.05) is 6.61 Å². The van der Waals surface area contributed by atoms with Crippen LogP contribution in [0, 0.1) is 23.4 Å². The highest BCUT2D eigenvalue weighted by Gasteiger charge is 2.23. The average molecular weight is 388 g/mol. The molecule has 150 valence electrons. The molecule has 0 N–H and O–H groups in total. The second kappa shape index (κ2) is 9.31. The van der Waals surface area contributed by atoms with Crippen molar-refractivity contribution >= 4 is 6.08 Å². The van der Waals surface area contributed by atoms with E-state index in [4.69, 9.17) is 4.74 Å². The zero-order valence-corrected chi connectivity index (χ0v) is 16.5. The lowest BCUT2D eigenvalue weighted by molar-refractivity contribution is 0.336. The molecule has 0 saturated heterocycles. The second-order valence-electron chi connectivity index (χ2n) is 7.38. The molecule has 0 bridgehead atoms. The third-order valence-corrected chi connectivity index (χ3v) is 5.62. The Bertz CT molecular complexity index is 836. The van der Waals surface area contributed by atoms with Gasteiger partial charge in [0.1, 0.15) is 11.6 Å². The topological polar surface area (TPSA) is 9.23 Å². The number of aryl methyl sites for hydroxylation is 1. The number of halogens is 3. The molecule has 1 fully saturated rings. The van der Waals surface area contributed by atoms with E-state index in [0.29, 0.717) is 30.3 Å². The summed E-state index contributed by atoms with van der Waals surface area (Å²) in [5.41, 5.74) is 1.43. The van der Waals surface area contributed by atoms with Crippen LogP contribution in [0.15, 0.2) is 36.4 Å². The Morgan fingerprint density at radius 2 is 1.71 bits per heavy atom. The van der Waals surface area contributed by atoms with E-state index < -0.39 is 11.6 Å². The van der Waals surface area contributed by atoms with Gasteiger partial charge in [-0.05, 0) is 68.1 Å². The van der Waals surface area contributed by atoms with E-state index in [9.17, 15) is 13.2 Å². The maximum absolute atomic E-state index is 14.4. The van der Waals surface area contributed by atoms with Crippen LogP contribution in [0.3, 0.4) is 0 Å². The maximum atomic E-state index is 14.4. The molecule has 0 heterocycles. The van der Waals surface area contributed by atoms with E-state index in [1.807, 2.05) is 25.1 Å². The van der Waals surface area contributed by atoms with Crippen LogP contribution in [0.25, 0.3) is 6.08 Å². The standard InChI is InChI=1S/C24H27F3O/c1-3-17-11-12-19(24(27)23(17)26)10-7-16-5-8-18(9-6-16)21-14-13-20(28-4-2)15-22(21)25/h7,10-16,18H,3-6,8-9H2,1-2H3. The first-order valence-electron chi connectivity index (χ1n) is 10.1. The summed E-state index contributed by atoms with van der Waals surface area (Å²) in [6.07, 6.45) is 7.69. The number of benzene rings is 2. The van der Waals surface area contributed by atoms with Gasteiger partial charge in [-0.25, -0.2) is 13.2 Å². The van der Waals surface area contributed by atoms with Gasteiger partial charge in [0.2, 0.25) is 0 Å². The summed E-state index contributed by atoms with van der Waals surface area (Å²) >= 11 is 0. The molecule has 0 aromatic heterocycles. The minimum Gasteiger partial charge on any atom is -0.494 e. The van der Waals surface area contributed by atoms with Crippen molar-refractivity contribution in [2.24, 2.45) is 5.92 Å². The fraction of sp³-hybridized carbons (Fsp3) is 0.417. The Hall–Kier alpha value is -2.23. The fourth-order valence-electron chi connectivity index (χ4n) is 3.96. The van der Waals surface area contributed by atoms with Crippen LogP contribution < -0.4 is 4.74 Å². The molecule has 1 nitrogen and oxygen atoms in total. The highest BCUT2D eigenvalue weighted by atomic mass is 19.2. The molecule has 0 unspecified atom stereocenters. The van der Waals surface area contributed by atoms with Crippen LogP contribution in [0.1, 0.15) is 62.1 Å². The van der Waals surface area contributed by atoms with Gasteiger partial charge in [0.15, 0.2) is 11.6 Å². The third-order valence-electron chi connectivity index (χ3n) is 5.62. The second-order valence-corrected chi connectivity index (χ2v) is 7.38. The van der Waals surface area contributed by atoms with Gasteiger partial charge in [-0.15, -0.1) is 0 Å². The van der Waals surface area contributed by atoms with Gasteiger partial charge in [0.05, 0.1) is 6.61 Å². The van der Waals surface area contributed by atoms with Crippen molar-refractivity contribution in [3.8, 4) is 5.75 Å². The number of allylic oxidation sites excluding steroid dienone is 1. The van der Waals surface area contributed by atoms with Gasteiger partial charge in [-0.2, -0.15) is 0 Å². The predicted molar refractivity (Wildman–Crippen MR) is 107 cm³/mol. The van der Waals surface area contributed by atoms with Gasteiger partial charge < -0.3 is 4.74 Å². The number of hydrogen-bond acceptors (Lipinski definition) is 1. The molecule has 28 heavy (non-hydrogen) atoms. The molecule has 3 rings (SSSR count). The first kappa shape index (κ1) is 20.5. The van der Waals surface area contributed by atoms with Crippen LogP contribution in [0.2, 0.25) is 0 Å². The van der Waals surface area contributed by atoms with Crippen LogP contribution in [0.4, 0.5) is 13.2 Å². The van der Waals surface area contributed by atoms with Crippen LogP contribution in [-0.2, 0) is 6.42 Å². The van der Waals surface area contributed by atoms with Crippen molar-refractivity contribution in [1.29, 1.82) is 0 Å². The summed E-state index contributed by atoms with van der Waals surface area (Å²) in [5.74, 6) is -0.684. The lowest BCUT2D eigenvalue weighted by Crippen LogP contribution is -2.13. The molecule has 1 aliphatic carbocycles. The summed E-state index contributed by atoms with van der Waals surface area (Å²) in [6, 6.07) is 8.39. The molecule has 0 aliphatic heterocycles. The summed E-state index contributed by atoms with van der Waals surface area (Å²) in [4.78, 5) is 0. The quantitative estimate of drug-likeness (QED) is 0.515. The Morgan fingerprint density at radius 1 is 0.964 bits per heavy atom. The highest BCUT2D eigenvalue weighted by molar-refractivity contribution is 5.51. The predicted octanol–water partition coefficient (Wildman–Crippen LogP) is 7.05. The third kappa shape index (κ3) is 4.60. The Balaban J connectivity index is 1.61. The monoisotopic (exact) mass is 388 g/mol. The van der Waals surface area contributed by atoms with E-state index in [0.717, 1.165) is 31.2 Å². The van der Waals surface area contributed by atoms with Crippen LogP contribution >= 0.6 is 0 Å². The zero-order chi connectivity index (χ0) is 20.1. The fourth-order valence-corrected chi connectivity index (χ4v) is 3.96. The first-order valence-corrected chi connectivity index (χ1v) is 10.1. The van der Waals surface area contributed by atoms with Crippen LogP contribution in [0.5, 0.6) is 5.75 Å². The van der Waals surface area contributed by atoms with Gasteiger partial charge in [-0.1, -0.05) is 37.3 Å². The Morgan fingerprint density at radius 3 is 2.36 bits per heavy atom. The number of ether oxygens (including phenoxy) is 1. The Labute approximate surface area is 165 Å². The van der Waals surface area contributed by atoms with Gasteiger partial charge in [0.25, 0.3) is 0 Å². The van der Waals surface area contributed by atoms with E-state index in [-0.39, 0.29) is 17.3 Å². The lowest BCUT2D eigenvalue weighted by atomic mass is 9.78. The average Bonchev–Trinajstić information content (AvgIpc) is 2.70. The molecule has 2 aromatic rings. The summed E-state index contributed by atoms with van der Waals surface area (Å²) in [5, 5.41) is 0. The molecule has 4 heteroatoms. The highest BCUT2D eigenvalue weighted by Crippen LogP contribution is 2.38.